The summed E-state index contributed by atoms with van der Waals surface area (Å²) < 4.78 is 13.6. The van der Waals surface area contributed by atoms with E-state index >= 15 is 0 Å². The number of carbonyl (C=O) groups excluding carboxylic acids is 1. The zero-order valence-electron chi connectivity index (χ0n) is 13.6. The van der Waals surface area contributed by atoms with Crippen molar-refractivity contribution < 1.29 is 9.18 Å². The number of amides is 1. The van der Waals surface area contributed by atoms with Crippen LogP contribution in [0.4, 0.5) is 4.39 Å². The van der Waals surface area contributed by atoms with E-state index in [2.05, 4.69) is 15.5 Å². The molecule has 2 N–H and O–H groups in total. The molecular formula is C19H15ClFN3OS. The Morgan fingerprint density at radius 2 is 2.08 bits per heavy atom. The number of nitrogens with zero attached hydrogens (tertiary/aromatic N) is 1. The van der Waals surface area contributed by atoms with E-state index < -0.39 is 0 Å². The molecule has 1 amide bonds. The summed E-state index contributed by atoms with van der Waals surface area (Å²) in [5.74, 6) is 0.338. The zero-order chi connectivity index (χ0) is 18.1. The van der Waals surface area contributed by atoms with Gasteiger partial charge in [-0.05, 0) is 42.3 Å². The highest BCUT2D eigenvalue weighted by Crippen LogP contribution is 2.36. The van der Waals surface area contributed by atoms with Crippen LogP contribution in [-0.4, -0.2) is 21.9 Å². The van der Waals surface area contributed by atoms with Crippen molar-refractivity contribution in [2.45, 2.75) is 17.4 Å². The van der Waals surface area contributed by atoms with Crippen molar-refractivity contribution >= 4 is 29.3 Å². The van der Waals surface area contributed by atoms with Crippen LogP contribution in [0.25, 0.3) is 11.3 Å². The smallest absolute Gasteiger partial charge is 0.255 e. The molecule has 3 aromatic rings. The summed E-state index contributed by atoms with van der Waals surface area (Å²) in [7, 11) is 0. The standard InChI is InChI=1S/C19H15ClFN3OS/c20-12-3-1-11(2-4-12)18-15(10-22-24-18)19(25)23-16-7-8-26-17-6-5-13(21)9-14(16)17/h1-6,9-10,16H,7-8H2,(H,22,24)(H,23,25). The summed E-state index contributed by atoms with van der Waals surface area (Å²) in [4.78, 5) is 13.8. The number of H-pyrrole nitrogens is 1. The van der Waals surface area contributed by atoms with Crippen LogP contribution >= 0.6 is 23.4 Å². The van der Waals surface area contributed by atoms with Crippen LogP contribution in [-0.2, 0) is 0 Å². The largest absolute Gasteiger partial charge is 0.345 e. The lowest BCUT2D eigenvalue weighted by Crippen LogP contribution is -2.30. The Hall–Kier alpha value is -2.31. The van der Waals surface area contributed by atoms with Gasteiger partial charge in [-0.15, -0.1) is 11.8 Å². The third-order valence-electron chi connectivity index (χ3n) is 4.33. The van der Waals surface area contributed by atoms with Crippen LogP contribution in [0.3, 0.4) is 0 Å². The number of benzene rings is 2. The Kier molecular flexibility index (Phi) is 4.70. The molecule has 1 aliphatic rings. The van der Waals surface area contributed by atoms with Gasteiger partial charge in [-0.2, -0.15) is 5.10 Å². The van der Waals surface area contributed by atoms with Gasteiger partial charge < -0.3 is 5.32 Å². The van der Waals surface area contributed by atoms with E-state index in [9.17, 15) is 9.18 Å². The van der Waals surface area contributed by atoms with E-state index in [4.69, 9.17) is 11.6 Å². The molecule has 4 rings (SSSR count). The molecule has 7 heteroatoms. The molecule has 2 aromatic carbocycles. The summed E-state index contributed by atoms with van der Waals surface area (Å²) in [5.41, 5.74) is 2.72. The minimum Gasteiger partial charge on any atom is -0.345 e. The van der Waals surface area contributed by atoms with Crippen molar-refractivity contribution in [3.8, 4) is 11.3 Å². The van der Waals surface area contributed by atoms with Crippen molar-refractivity contribution in [3.63, 3.8) is 0 Å². The predicted octanol–water partition coefficient (Wildman–Crippen LogP) is 4.84. The molecule has 1 atom stereocenters. The Bertz CT molecular complexity index is 958. The molecule has 26 heavy (non-hydrogen) atoms. The maximum atomic E-state index is 13.6. The molecule has 0 radical (unpaired) electrons. The van der Waals surface area contributed by atoms with Crippen LogP contribution in [0.2, 0.25) is 5.02 Å². The van der Waals surface area contributed by atoms with Gasteiger partial charge in [0.15, 0.2) is 0 Å². The van der Waals surface area contributed by atoms with Gasteiger partial charge in [-0.25, -0.2) is 4.39 Å². The first kappa shape index (κ1) is 17.1. The maximum absolute atomic E-state index is 13.6. The van der Waals surface area contributed by atoms with Crippen molar-refractivity contribution in [1.29, 1.82) is 0 Å². The minimum atomic E-state index is -0.296. The van der Waals surface area contributed by atoms with Gasteiger partial charge in [-0.3, -0.25) is 9.89 Å². The maximum Gasteiger partial charge on any atom is 0.255 e. The van der Waals surface area contributed by atoms with Gasteiger partial charge in [-0.1, -0.05) is 23.7 Å². The molecule has 0 fully saturated rings. The van der Waals surface area contributed by atoms with E-state index in [1.807, 2.05) is 12.1 Å². The van der Waals surface area contributed by atoms with Gasteiger partial charge in [0.1, 0.15) is 5.82 Å². The first-order chi connectivity index (χ1) is 12.6. The lowest BCUT2D eigenvalue weighted by molar-refractivity contribution is 0.0935. The third kappa shape index (κ3) is 3.34. The molecule has 0 saturated carbocycles. The van der Waals surface area contributed by atoms with Crippen LogP contribution < -0.4 is 5.32 Å². The quantitative estimate of drug-likeness (QED) is 0.676. The number of nitrogens with one attached hydrogen (secondary N) is 2. The van der Waals surface area contributed by atoms with E-state index in [-0.39, 0.29) is 17.8 Å². The molecule has 1 unspecified atom stereocenters. The lowest BCUT2D eigenvalue weighted by Gasteiger charge is -2.26. The SMILES string of the molecule is O=C(NC1CCSc2ccc(F)cc21)c1cn[nH]c1-c1ccc(Cl)cc1. The Labute approximate surface area is 159 Å². The molecule has 4 nitrogen and oxygen atoms in total. The second-order valence-electron chi connectivity index (χ2n) is 6.01. The van der Waals surface area contributed by atoms with Crippen LogP contribution in [0.1, 0.15) is 28.4 Å². The first-order valence-electron chi connectivity index (χ1n) is 8.14. The molecule has 2 heterocycles. The van der Waals surface area contributed by atoms with Crippen LogP contribution in [0.5, 0.6) is 0 Å². The van der Waals surface area contributed by atoms with Crippen molar-refractivity contribution in [1.82, 2.24) is 15.5 Å². The van der Waals surface area contributed by atoms with Crippen molar-refractivity contribution in [2.75, 3.05) is 5.75 Å². The minimum absolute atomic E-state index is 0.220. The number of aromatic nitrogens is 2. The van der Waals surface area contributed by atoms with Crippen molar-refractivity contribution in [2.24, 2.45) is 0 Å². The predicted molar refractivity (Wildman–Crippen MR) is 101 cm³/mol. The number of rotatable bonds is 3. The molecule has 1 aromatic heterocycles. The number of hydrogen-bond donors (Lipinski definition) is 2. The van der Waals surface area contributed by atoms with Gasteiger partial charge in [0.05, 0.1) is 23.5 Å². The van der Waals surface area contributed by atoms with Crippen LogP contribution in [0.15, 0.2) is 53.6 Å². The Balaban J connectivity index is 1.60. The van der Waals surface area contributed by atoms with Gasteiger partial charge in [0.2, 0.25) is 0 Å². The summed E-state index contributed by atoms with van der Waals surface area (Å²) in [6, 6.07) is 11.7. The summed E-state index contributed by atoms with van der Waals surface area (Å²) in [5, 5.41) is 10.5. The normalized spacial score (nSPS) is 16.2. The van der Waals surface area contributed by atoms with Gasteiger partial charge in [0.25, 0.3) is 5.91 Å². The molecule has 0 saturated heterocycles. The highest BCUT2D eigenvalue weighted by molar-refractivity contribution is 7.99. The Morgan fingerprint density at radius 3 is 2.88 bits per heavy atom. The van der Waals surface area contributed by atoms with Crippen molar-refractivity contribution in [3.05, 3.63) is 70.6 Å². The first-order valence-corrected chi connectivity index (χ1v) is 9.50. The number of carbonyl (C=O) groups is 1. The molecule has 0 aliphatic carbocycles. The summed E-state index contributed by atoms with van der Waals surface area (Å²) >= 11 is 7.61. The van der Waals surface area contributed by atoms with E-state index in [1.165, 1.54) is 18.3 Å². The number of hydrogen-bond acceptors (Lipinski definition) is 3. The average Bonchev–Trinajstić information content (AvgIpc) is 3.13. The molecule has 0 spiro atoms. The molecule has 132 valence electrons. The second kappa shape index (κ2) is 7.13. The Morgan fingerprint density at radius 1 is 1.27 bits per heavy atom. The third-order valence-corrected chi connectivity index (χ3v) is 5.71. The number of thioether (sulfide) groups is 1. The lowest BCUT2D eigenvalue weighted by atomic mass is 10.0. The van der Waals surface area contributed by atoms with E-state index in [0.717, 1.165) is 28.2 Å². The van der Waals surface area contributed by atoms with Gasteiger partial charge >= 0.3 is 0 Å². The fourth-order valence-corrected chi connectivity index (χ4v) is 4.28. The average molecular weight is 388 g/mol. The molecule has 1 aliphatic heterocycles. The summed E-state index contributed by atoms with van der Waals surface area (Å²) in [6.07, 6.45) is 2.25. The monoisotopic (exact) mass is 387 g/mol. The number of halogens is 2. The summed E-state index contributed by atoms with van der Waals surface area (Å²) in [6.45, 7) is 0. The van der Waals surface area contributed by atoms with E-state index in [0.29, 0.717) is 16.3 Å². The highest BCUT2D eigenvalue weighted by atomic mass is 35.5. The van der Waals surface area contributed by atoms with Gasteiger partial charge in [0, 0.05) is 21.2 Å². The second-order valence-corrected chi connectivity index (χ2v) is 7.58. The fraction of sp³-hybridized carbons (Fsp3) is 0.158. The molecule has 0 bridgehead atoms. The number of fused-ring (bicyclic) bond motifs is 1. The number of aromatic amines is 1. The highest BCUT2D eigenvalue weighted by Gasteiger charge is 2.25. The van der Waals surface area contributed by atoms with Crippen LogP contribution in [0, 0.1) is 5.82 Å². The molecular weight excluding hydrogens is 373 g/mol. The zero-order valence-corrected chi connectivity index (χ0v) is 15.2. The van der Waals surface area contributed by atoms with E-state index in [1.54, 1.807) is 30.0 Å². The fourth-order valence-electron chi connectivity index (χ4n) is 3.05. The topological polar surface area (TPSA) is 57.8 Å².